The Morgan fingerprint density at radius 2 is 2.04 bits per heavy atom. The van der Waals surface area contributed by atoms with Crippen molar-refractivity contribution in [2.24, 2.45) is 11.3 Å². The van der Waals surface area contributed by atoms with Crippen molar-refractivity contribution < 1.29 is 19.4 Å². The molecule has 0 aliphatic heterocycles. The summed E-state index contributed by atoms with van der Waals surface area (Å²) in [4.78, 5) is 11.7. The van der Waals surface area contributed by atoms with Crippen LogP contribution in [0.5, 0.6) is 0 Å². The Labute approximate surface area is 143 Å². The maximum absolute atomic E-state index is 11.7. The number of carbonyl (C=O) groups is 1. The average Bonchev–Trinajstić information content (AvgIpc) is 2.84. The molecule has 2 saturated carbocycles. The van der Waals surface area contributed by atoms with Crippen LogP contribution in [0.4, 0.5) is 0 Å². The summed E-state index contributed by atoms with van der Waals surface area (Å²) in [5.41, 5.74) is 3.19. The zero-order chi connectivity index (χ0) is 16.9. The highest BCUT2D eigenvalue weighted by Gasteiger charge is 2.63. The van der Waals surface area contributed by atoms with E-state index in [2.05, 4.69) is 6.92 Å². The van der Waals surface area contributed by atoms with Crippen LogP contribution in [0.25, 0.3) is 0 Å². The van der Waals surface area contributed by atoms with Crippen LogP contribution in [-0.4, -0.2) is 36.5 Å². The number of aliphatic hydroxyl groups is 1. The minimum absolute atomic E-state index is 0.0684. The number of methoxy groups -OCH3 is 1. The first-order valence-corrected chi connectivity index (χ1v) is 9.28. The van der Waals surface area contributed by atoms with E-state index in [1.165, 1.54) is 16.7 Å². The first kappa shape index (κ1) is 16.5. The predicted octanol–water partition coefficient (Wildman–Crippen LogP) is 3.30. The van der Waals surface area contributed by atoms with Gasteiger partial charge in [-0.3, -0.25) is 4.79 Å². The molecule has 24 heavy (non-hydrogen) atoms. The zero-order valence-electron chi connectivity index (χ0n) is 14.8. The largest absolute Gasteiger partial charge is 0.389 e. The molecule has 4 heteroatoms. The summed E-state index contributed by atoms with van der Waals surface area (Å²) in [5, 5.41) is 11.7. The van der Waals surface area contributed by atoms with Gasteiger partial charge in [-0.2, -0.15) is 0 Å². The number of ether oxygens (including phenoxy) is 2. The number of rotatable bonds is 3. The van der Waals surface area contributed by atoms with Gasteiger partial charge in [-0.15, -0.1) is 0 Å². The third-order valence-electron chi connectivity index (χ3n) is 7.22. The van der Waals surface area contributed by atoms with E-state index in [0.29, 0.717) is 13.2 Å². The highest BCUT2D eigenvalue weighted by Crippen LogP contribution is 2.62. The summed E-state index contributed by atoms with van der Waals surface area (Å²) in [6.07, 6.45) is 8.99. The third-order valence-corrected chi connectivity index (χ3v) is 7.22. The maximum atomic E-state index is 11.7. The molecule has 2 fully saturated rings. The second-order valence-corrected chi connectivity index (χ2v) is 8.17. The van der Waals surface area contributed by atoms with Crippen LogP contribution >= 0.6 is 0 Å². The lowest BCUT2D eigenvalue weighted by Crippen LogP contribution is -2.56. The normalized spacial score (nSPS) is 41.6. The molecule has 0 bridgehead atoms. The van der Waals surface area contributed by atoms with E-state index in [-0.39, 0.29) is 23.2 Å². The fraction of sp³-hybridized carbons (Fsp3) is 0.750. The second kappa shape index (κ2) is 5.79. The fourth-order valence-corrected chi connectivity index (χ4v) is 5.88. The van der Waals surface area contributed by atoms with Crippen molar-refractivity contribution in [1.82, 2.24) is 0 Å². The van der Waals surface area contributed by atoms with Gasteiger partial charge in [-0.1, -0.05) is 12.5 Å². The Kier molecular flexibility index (Phi) is 3.98. The van der Waals surface area contributed by atoms with Crippen molar-refractivity contribution in [1.29, 1.82) is 0 Å². The average molecular weight is 332 g/mol. The van der Waals surface area contributed by atoms with Crippen LogP contribution < -0.4 is 0 Å². The molecule has 0 aromatic heterocycles. The number of hydrogen-bond donors (Lipinski definition) is 1. The Morgan fingerprint density at radius 3 is 2.83 bits per heavy atom. The van der Waals surface area contributed by atoms with Crippen molar-refractivity contribution in [3.8, 4) is 0 Å². The molecule has 132 valence electrons. The van der Waals surface area contributed by atoms with Crippen LogP contribution in [0.3, 0.4) is 0 Å². The van der Waals surface area contributed by atoms with E-state index in [4.69, 9.17) is 9.47 Å². The summed E-state index contributed by atoms with van der Waals surface area (Å²) < 4.78 is 11.0. The standard InChI is InChI=1S/C20H28O4/c1-19-9-7-16-15-5-4-14(21)11-13(15)3-6-17(16)20(19,22)10-8-18(19)24-12-23-2/h11,17-18,22H,3-10,12H2,1-2H3/t17-,18-,19-,20+/m1/s1. The molecular weight excluding hydrogens is 304 g/mol. The maximum Gasteiger partial charge on any atom is 0.156 e. The number of fused-ring (bicyclic) bond motifs is 4. The lowest BCUT2D eigenvalue weighted by Gasteiger charge is -2.54. The Morgan fingerprint density at radius 1 is 1.21 bits per heavy atom. The number of ketones is 1. The topological polar surface area (TPSA) is 55.8 Å². The molecule has 0 unspecified atom stereocenters. The van der Waals surface area contributed by atoms with E-state index in [9.17, 15) is 9.90 Å². The van der Waals surface area contributed by atoms with Gasteiger partial charge in [0.2, 0.25) is 0 Å². The monoisotopic (exact) mass is 332 g/mol. The van der Waals surface area contributed by atoms with Gasteiger partial charge in [0, 0.05) is 24.9 Å². The minimum atomic E-state index is -0.682. The van der Waals surface area contributed by atoms with Gasteiger partial charge in [0.15, 0.2) is 5.78 Å². The molecule has 0 aromatic rings. The van der Waals surface area contributed by atoms with Gasteiger partial charge in [-0.05, 0) is 62.2 Å². The van der Waals surface area contributed by atoms with Crippen molar-refractivity contribution in [2.75, 3.05) is 13.9 Å². The third kappa shape index (κ3) is 2.19. The summed E-state index contributed by atoms with van der Waals surface area (Å²) in [5.74, 6) is 0.494. The van der Waals surface area contributed by atoms with Gasteiger partial charge >= 0.3 is 0 Å². The van der Waals surface area contributed by atoms with E-state index in [1.807, 2.05) is 6.08 Å². The Hall–Kier alpha value is -0.970. The van der Waals surface area contributed by atoms with Gasteiger partial charge in [-0.25, -0.2) is 0 Å². The molecule has 0 amide bonds. The van der Waals surface area contributed by atoms with Crippen LogP contribution in [0, 0.1) is 11.3 Å². The van der Waals surface area contributed by atoms with Gasteiger partial charge in [0.1, 0.15) is 6.79 Å². The van der Waals surface area contributed by atoms with Crippen molar-refractivity contribution in [3.63, 3.8) is 0 Å². The lowest BCUT2D eigenvalue weighted by atomic mass is 9.55. The van der Waals surface area contributed by atoms with Crippen LogP contribution in [-0.2, 0) is 14.3 Å². The molecule has 4 nitrogen and oxygen atoms in total. The minimum Gasteiger partial charge on any atom is -0.389 e. The molecule has 4 aliphatic rings. The summed E-state index contributed by atoms with van der Waals surface area (Å²) in [6, 6.07) is 0. The van der Waals surface area contributed by atoms with E-state index in [1.54, 1.807) is 7.11 Å². The van der Waals surface area contributed by atoms with Crippen molar-refractivity contribution in [2.45, 2.75) is 70.0 Å². The van der Waals surface area contributed by atoms with E-state index < -0.39 is 5.60 Å². The molecule has 0 aromatic carbocycles. The molecule has 0 saturated heterocycles. The SMILES string of the molecule is COCO[C@@H]1CC[C@]2(O)[C@@H]3CCC4=CC(=O)CCC4=C3CC[C@]12C. The molecule has 0 radical (unpaired) electrons. The Bertz CT molecular complexity index is 619. The Balaban J connectivity index is 1.69. The second-order valence-electron chi connectivity index (χ2n) is 8.17. The van der Waals surface area contributed by atoms with Gasteiger partial charge < -0.3 is 14.6 Å². The number of allylic oxidation sites excluding steroid dienone is 3. The number of carbonyl (C=O) groups excluding carboxylic acids is 1. The summed E-state index contributed by atoms with van der Waals surface area (Å²) in [6.45, 7) is 2.50. The van der Waals surface area contributed by atoms with Crippen molar-refractivity contribution in [3.05, 3.63) is 22.8 Å². The highest BCUT2D eigenvalue weighted by molar-refractivity contribution is 5.93. The van der Waals surface area contributed by atoms with Crippen LogP contribution in [0.1, 0.15) is 58.3 Å². The summed E-state index contributed by atoms with van der Waals surface area (Å²) >= 11 is 0. The smallest absolute Gasteiger partial charge is 0.156 e. The predicted molar refractivity (Wildman–Crippen MR) is 90.3 cm³/mol. The molecule has 1 N–H and O–H groups in total. The van der Waals surface area contributed by atoms with Crippen molar-refractivity contribution >= 4 is 5.78 Å². The van der Waals surface area contributed by atoms with E-state index in [0.717, 1.165) is 44.9 Å². The highest BCUT2D eigenvalue weighted by atomic mass is 16.7. The van der Waals surface area contributed by atoms with Crippen LogP contribution in [0.2, 0.25) is 0 Å². The lowest BCUT2D eigenvalue weighted by molar-refractivity contribution is -0.173. The quantitative estimate of drug-likeness (QED) is 0.806. The molecule has 4 atom stereocenters. The first-order chi connectivity index (χ1) is 11.5. The summed E-state index contributed by atoms with van der Waals surface area (Å²) in [7, 11) is 1.65. The molecule has 4 aliphatic carbocycles. The van der Waals surface area contributed by atoms with Gasteiger partial charge in [0.05, 0.1) is 11.7 Å². The zero-order valence-corrected chi connectivity index (χ0v) is 14.8. The molecule has 4 rings (SSSR count). The van der Waals surface area contributed by atoms with Gasteiger partial charge in [0.25, 0.3) is 0 Å². The molecular formula is C20H28O4. The fourth-order valence-electron chi connectivity index (χ4n) is 5.88. The number of hydrogen-bond acceptors (Lipinski definition) is 4. The molecule has 0 spiro atoms. The van der Waals surface area contributed by atoms with E-state index >= 15 is 0 Å². The van der Waals surface area contributed by atoms with Crippen LogP contribution in [0.15, 0.2) is 22.8 Å². The molecule has 0 heterocycles. The first-order valence-electron chi connectivity index (χ1n) is 9.28.